The van der Waals surface area contributed by atoms with Gasteiger partial charge in [0.25, 0.3) is 0 Å². The monoisotopic (exact) mass is 345 g/mol. The Morgan fingerprint density at radius 1 is 1.00 bits per heavy atom. The van der Waals surface area contributed by atoms with Gasteiger partial charge in [-0.15, -0.1) is 0 Å². The van der Waals surface area contributed by atoms with E-state index in [9.17, 15) is 19.9 Å². The summed E-state index contributed by atoms with van der Waals surface area (Å²) in [6.07, 6.45) is -7.20. The number of aliphatic hydroxyl groups is 3. The predicted molar refractivity (Wildman–Crippen MR) is 78.9 cm³/mol. The van der Waals surface area contributed by atoms with E-state index in [2.05, 4.69) is 30.2 Å². The van der Waals surface area contributed by atoms with Crippen molar-refractivity contribution >= 4 is 7.82 Å². The highest BCUT2D eigenvalue weighted by atomic mass is 31.2. The minimum atomic E-state index is -4.82. The van der Waals surface area contributed by atoms with E-state index in [1.54, 1.807) is 0 Å². The Labute approximate surface area is 130 Å². The number of ether oxygens (including phenoxy) is 1. The van der Waals surface area contributed by atoms with Crippen LogP contribution in [0.5, 0.6) is 0 Å². The molecule has 0 bridgehead atoms. The number of hydrogen-bond acceptors (Lipinski definition) is 7. The molecule has 0 aliphatic carbocycles. The molecule has 1 aliphatic heterocycles. The van der Waals surface area contributed by atoms with Crippen LogP contribution >= 0.6 is 7.82 Å². The normalized spacial score (nSPS) is 32.5. The predicted octanol–water partition coefficient (Wildman–Crippen LogP) is -0.729. The van der Waals surface area contributed by atoms with Gasteiger partial charge in [-0.1, -0.05) is 20.8 Å². The molecule has 0 saturated carbocycles. The van der Waals surface area contributed by atoms with Gasteiger partial charge in [-0.25, -0.2) is 4.57 Å². The molecular weight excluding hydrogens is 317 g/mol. The maximum atomic E-state index is 10.5. The quantitative estimate of drug-likeness (QED) is 0.408. The summed E-state index contributed by atoms with van der Waals surface area (Å²) in [6.45, 7) is 11.5. The number of nitrogens with zero attached hydrogens (tertiary/aromatic N) is 1. The van der Waals surface area contributed by atoms with Crippen molar-refractivity contribution in [2.75, 3.05) is 19.6 Å². The molecule has 10 heteroatoms. The van der Waals surface area contributed by atoms with Crippen molar-refractivity contribution in [3.8, 4) is 0 Å². The minimum Gasteiger partial charge on any atom is -0.388 e. The second-order valence-corrected chi connectivity index (χ2v) is 6.09. The summed E-state index contributed by atoms with van der Waals surface area (Å²) in [7, 11) is -4.82. The summed E-state index contributed by atoms with van der Waals surface area (Å²) >= 11 is 0. The standard InChI is InChI=1S/C6H15N.C6H13O8P/c1-4-7(5-2)6-3;1-2-3(7)4(8)5(9)6(13-2)14-15(10,11)12/h4-6H2,1-3H3;2-9H,1H3,(H2,10,11,12)/t;2-,3+,4+,5-,6?/m.0/s1. The van der Waals surface area contributed by atoms with Crippen LogP contribution in [0.15, 0.2) is 0 Å². The first-order valence-corrected chi connectivity index (χ1v) is 8.76. The zero-order valence-corrected chi connectivity index (χ0v) is 14.3. The fourth-order valence-corrected chi connectivity index (χ4v) is 2.35. The molecule has 0 spiro atoms. The van der Waals surface area contributed by atoms with Crippen molar-refractivity contribution < 1.29 is 38.9 Å². The Hall–Kier alpha value is -0.0900. The highest BCUT2D eigenvalue weighted by Gasteiger charge is 2.44. The van der Waals surface area contributed by atoms with Crippen molar-refractivity contribution in [3.05, 3.63) is 0 Å². The molecule has 9 nitrogen and oxygen atoms in total. The average Bonchev–Trinajstić information content (AvgIpc) is 2.43. The van der Waals surface area contributed by atoms with Gasteiger partial charge in [0, 0.05) is 0 Å². The molecule has 22 heavy (non-hydrogen) atoms. The van der Waals surface area contributed by atoms with Gasteiger partial charge < -0.3 is 34.7 Å². The van der Waals surface area contributed by atoms with Crippen LogP contribution in [-0.2, 0) is 13.8 Å². The van der Waals surface area contributed by atoms with Gasteiger partial charge in [0.1, 0.15) is 18.3 Å². The average molecular weight is 345 g/mol. The van der Waals surface area contributed by atoms with E-state index in [0.717, 1.165) is 0 Å². The SMILES string of the molecule is CCN(CC)CC.C[C@@H]1OC(OP(=O)(O)O)[C@@H](O)[C@H](O)[C@@H]1O. The summed E-state index contributed by atoms with van der Waals surface area (Å²) in [5, 5.41) is 27.8. The number of hydrogen-bond donors (Lipinski definition) is 5. The third-order valence-electron chi connectivity index (χ3n) is 3.39. The lowest BCUT2D eigenvalue weighted by Crippen LogP contribution is -2.57. The van der Waals surface area contributed by atoms with Crippen molar-refractivity contribution in [2.24, 2.45) is 0 Å². The van der Waals surface area contributed by atoms with Crippen LogP contribution in [0.1, 0.15) is 27.7 Å². The van der Waals surface area contributed by atoms with Gasteiger partial charge in [-0.05, 0) is 26.6 Å². The maximum Gasteiger partial charge on any atom is 0.472 e. The Balaban J connectivity index is 0.000000534. The second kappa shape index (κ2) is 9.92. The van der Waals surface area contributed by atoms with Crippen LogP contribution in [0.4, 0.5) is 0 Å². The summed E-state index contributed by atoms with van der Waals surface area (Å²) in [6, 6.07) is 0. The number of aliphatic hydroxyl groups excluding tert-OH is 3. The molecule has 0 radical (unpaired) electrons. The Bertz CT molecular complexity index is 343. The van der Waals surface area contributed by atoms with E-state index in [4.69, 9.17) is 14.5 Å². The molecule has 0 aromatic heterocycles. The van der Waals surface area contributed by atoms with E-state index in [0.29, 0.717) is 0 Å². The van der Waals surface area contributed by atoms with Gasteiger partial charge in [-0.3, -0.25) is 4.52 Å². The molecule has 1 fully saturated rings. The lowest BCUT2D eigenvalue weighted by molar-refractivity contribution is -0.271. The fraction of sp³-hybridized carbons (Fsp3) is 1.00. The summed E-state index contributed by atoms with van der Waals surface area (Å²) in [5.41, 5.74) is 0. The third-order valence-corrected chi connectivity index (χ3v) is 3.87. The zero-order chi connectivity index (χ0) is 17.5. The van der Waals surface area contributed by atoms with E-state index in [-0.39, 0.29) is 0 Å². The van der Waals surface area contributed by atoms with Crippen LogP contribution in [0.2, 0.25) is 0 Å². The van der Waals surface area contributed by atoms with Gasteiger partial charge in [0.2, 0.25) is 0 Å². The number of phosphoric ester groups is 1. The molecule has 5 N–H and O–H groups in total. The van der Waals surface area contributed by atoms with E-state index in [1.807, 2.05) is 0 Å². The summed E-state index contributed by atoms with van der Waals surface area (Å²) in [5.74, 6) is 0. The molecule has 0 amide bonds. The Kier molecular flexibility index (Phi) is 9.88. The lowest BCUT2D eigenvalue weighted by Gasteiger charge is -2.38. The van der Waals surface area contributed by atoms with E-state index >= 15 is 0 Å². The molecule has 0 aromatic carbocycles. The first kappa shape index (κ1) is 21.9. The zero-order valence-electron chi connectivity index (χ0n) is 13.4. The van der Waals surface area contributed by atoms with Crippen molar-refractivity contribution in [1.29, 1.82) is 0 Å². The van der Waals surface area contributed by atoms with Gasteiger partial charge in [-0.2, -0.15) is 0 Å². The van der Waals surface area contributed by atoms with E-state index in [1.165, 1.54) is 26.6 Å². The smallest absolute Gasteiger partial charge is 0.388 e. The number of phosphoric acid groups is 1. The highest BCUT2D eigenvalue weighted by molar-refractivity contribution is 7.46. The molecular formula is C12H28NO8P. The van der Waals surface area contributed by atoms with Crippen LogP contribution in [0.3, 0.4) is 0 Å². The van der Waals surface area contributed by atoms with Gasteiger partial charge >= 0.3 is 7.82 Å². The molecule has 1 aliphatic rings. The first-order valence-electron chi connectivity index (χ1n) is 7.23. The number of rotatable bonds is 5. The van der Waals surface area contributed by atoms with Crippen LogP contribution in [0.25, 0.3) is 0 Å². The van der Waals surface area contributed by atoms with Gasteiger partial charge in [0.05, 0.1) is 6.10 Å². The van der Waals surface area contributed by atoms with Crippen molar-refractivity contribution in [2.45, 2.75) is 58.4 Å². The maximum absolute atomic E-state index is 10.5. The molecule has 1 unspecified atom stereocenters. The topological polar surface area (TPSA) is 140 Å². The van der Waals surface area contributed by atoms with Crippen LogP contribution in [-0.4, -0.2) is 80.3 Å². The van der Waals surface area contributed by atoms with Crippen LogP contribution < -0.4 is 0 Å². The fourth-order valence-electron chi connectivity index (χ4n) is 1.91. The van der Waals surface area contributed by atoms with Crippen LogP contribution in [0, 0.1) is 0 Å². The first-order chi connectivity index (χ1) is 10.1. The Morgan fingerprint density at radius 2 is 1.45 bits per heavy atom. The summed E-state index contributed by atoms with van der Waals surface area (Å²) in [4.78, 5) is 19.3. The Morgan fingerprint density at radius 3 is 1.77 bits per heavy atom. The highest BCUT2D eigenvalue weighted by Crippen LogP contribution is 2.40. The largest absolute Gasteiger partial charge is 0.472 e. The van der Waals surface area contributed by atoms with Crippen molar-refractivity contribution in [3.63, 3.8) is 0 Å². The minimum absolute atomic E-state index is 0.903. The summed E-state index contributed by atoms with van der Waals surface area (Å²) < 4.78 is 19.4. The second-order valence-electron chi connectivity index (χ2n) is 4.90. The molecule has 1 rings (SSSR count). The lowest BCUT2D eigenvalue weighted by atomic mass is 10.0. The molecule has 1 heterocycles. The molecule has 134 valence electrons. The van der Waals surface area contributed by atoms with Gasteiger partial charge in [0.15, 0.2) is 6.29 Å². The van der Waals surface area contributed by atoms with Crippen molar-refractivity contribution in [1.82, 2.24) is 4.90 Å². The third kappa shape index (κ3) is 7.45. The molecule has 1 saturated heterocycles. The van der Waals surface area contributed by atoms with E-state index < -0.39 is 38.5 Å². The molecule has 5 atom stereocenters. The molecule has 0 aromatic rings.